The number of amides is 2. The number of anilines is 1. The number of primary sulfonamides is 1. The Balaban J connectivity index is 1.35. The third kappa shape index (κ3) is 8.44. The molecule has 0 spiro atoms. The van der Waals surface area contributed by atoms with Crippen molar-refractivity contribution in [2.24, 2.45) is 15.3 Å². The molecule has 0 saturated carbocycles. The first-order valence-corrected chi connectivity index (χ1v) is 16.7. The number of sulfonamides is 1. The zero-order chi connectivity index (χ0) is 32.8. The Hall–Kier alpha value is -4.41. The molecule has 236 valence electrons. The fourth-order valence-corrected chi connectivity index (χ4v) is 6.02. The zero-order valence-electron chi connectivity index (χ0n) is 23.5. The minimum absolute atomic E-state index is 0.0115. The van der Waals surface area contributed by atoms with E-state index in [9.17, 15) is 23.1 Å². The van der Waals surface area contributed by atoms with Gasteiger partial charge in [0, 0.05) is 26.3 Å². The second kappa shape index (κ2) is 14.3. The summed E-state index contributed by atoms with van der Waals surface area (Å²) in [6.07, 6.45) is 4.43. The molecule has 1 fully saturated rings. The number of halogens is 2. The summed E-state index contributed by atoms with van der Waals surface area (Å²) < 4.78 is 34.9. The molecule has 1 saturated heterocycles. The lowest BCUT2D eigenvalue weighted by atomic mass is 10.2. The molecule has 16 heteroatoms. The normalized spacial score (nSPS) is 15.3. The molecule has 5 rings (SSSR count). The lowest BCUT2D eigenvalue weighted by Crippen LogP contribution is -2.28. The molecule has 3 aromatic carbocycles. The summed E-state index contributed by atoms with van der Waals surface area (Å²) in [5.74, 6) is -0.0916. The Morgan fingerprint density at radius 3 is 2.63 bits per heavy atom. The predicted molar refractivity (Wildman–Crippen MR) is 179 cm³/mol. The highest BCUT2D eigenvalue weighted by Gasteiger charge is 2.34. The minimum atomic E-state index is -3.87. The van der Waals surface area contributed by atoms with Crippen LogP contribution in [0.15, 0.2) is 108 Å². The standard InChI is InChI=1S/C30H23BrClN5O7S2/c31-20-3-9-25(38)19(12-20)15-34-36-30-37(16-23-2-1-11-43-23)29(40)27(45-30)14-18-13-21(32)4-10-26(18)44-17-28(39)35-22-5-7-24(8-6-22)46(33,41)42/h1-15,38H,16-17H2,(H,35,39)(H2,33,41,42)/b27-14-,34-15-,36-30+. The summed E-state index contributed by atoms with van der Waals surface area (Å²) in [6, 6.07) is 18.4. The van der Waals surface area contributed by atoms with Gasteiger partial charge in [-0.25, -0.2) is 13.6 Å². The largest absolute Gasteiger partial charge is 0.507 e. The molecule has 1 aliphatic heterocycles. The van der Waals surface area contributed by atoms with Crippen LogP contribution in [0.4, 0.5) is 5.69 Å². The van der Waals surface area contributed by atoms with Crippen LogP contribution in [0, 0.1) is 0 Å². The van der Waals surface area contributed by atoms with Crippen molar-refractivity contribution in [3.63, 3.8) is 0 Å². The first-order valence-electron chi connectivity index (χ1n) is 13.1. The van der Waals surface area contributed by atoms with Crippen LogP contribution < -0.4 is 15.2 Å². The number of carbonyl (C=O) groups is 2. The lowest BCUT2D eigenvalue weighted by Gasteiger charge is -2.13. The highest BCUT2D eigenvalue weighted by atomic mass is 79.9. The van der Waals surface area contributed by atoms with Gasteiger partial charge in [-0.15, -0.1) is 5.10 Å². The lowest BCUT2D eigenvalue weighted by molar-refractivity contribution is -0.122. The number of phenols is 1. The Kier molecular flexibility index (Phi) is 10.3. The van der Waals surface area contributed by atoms with Crippen LogP contribution in [0.25, 0.3) is 6.08 Å². The summed E-state index contributed by atoms with van der Waals surface area (Å²) in [7, 11) is -3.87. The maximum Gasteiger partial charge on any atom is 0.267 e. The van der Waals surface area contributed by atoms with Crippen LogP contribution in [0.2, 0.25) is 5.02 Å². The summed E-state index contributed by atoms with van der Waals surface area (Å²) in [5.41, 5.74) is 1.19. The Bertz CT molecular complexity index is 1980. The molecule has 1 aromatic heterocycles. The van der Waals surface area contributed by atoms with Crippen molar-refractivity contribution in [1.82, 2.24) is 4.90 Å². The zero-order valence-corrected chi connectivity index (χ0v) is 27.4. The van der Waals surface area contributed by atoms with Gasteiger partial charge in [0.25, 0.3) is 11.8 Å². The van der Waals surface area contributed by atoms with Crippen LogP contribution in [0.5, 0.6) is 11.5 Å². The van der Waals surface area contributed by atoms with Gasteiger partial charge in [-0.1, -0.05) is 27.5 Å². The molecule has 12 nitrogen and oxygen atoms in total. The highest BCUT2D eigenvalue weighted by molar-refractivity contribution is 9.10. The minimum Gasteiger partial charge on any atom is -0.507 e. The number of furan rings is 1. The topological polar surface area (TPSA) is 177 Å². The monoisotopic (exact) mass is 743 g/mol. The van der Waals surface area contributed by atoms with Crippen LogP contribution >= 0.6 is 39.3 Å². The molecule has 2 heterocycles. The summed E-state index contributed by atoms with van der Waals surface area (Å²) in [4.78, 5) is 27.7. The van der Waals surface area contributed by atoms with Gasteiger partial charge in [0.15, 0.2) is 11.8 Å². The molecule has 46 heavy (non-hydrogen) atoms. The van der Waals surface area contributed by atoms with Gasteiger partial charge in [-0.3, -0.25) is 14.5 Å². The van der Waals surface area contributed by atoms with Crippen molar-refractivity contribution < 1.29 is 32.3 Å². The molecule has 0 aliphatic carbocycles. The molecular formula is C30H23BrClN5O7S2. The van der Waals surface area contributed by atoms with Gasteiger partial charge in [0.05, 0.1) is 28.8 Å². The predicted octanol–water partition coefficient (Wildman–Crippen LogP) is 5.57. The maximum atomic E-state index is 13.6. The number of carbonyl (C=O) groups excluding carboxylic acids is 2. The van der Waals surface area contributed by atoms with E-state index in [1.54, 1.807) is 48.5 Å². The van der Waals surface area contributed by atoms with Crippen LogP contribution in [-0.2, 0) is 26.2 Å². The van der Waals surface area contributed by atoms with Gasteiger partial charge >= 0.3 is 0 Å². The Morgan fingerprint density at radius 1 is 1.13 bits per heavy atom. The van der Waals surface area contributed by atoms with E-state index in [1.807, 2.05) is 0 Å². The molecular weight excluding hydrogens is 722 g/mol. The van der Waals surface area contributed by atoms with Crippen molar-refractivity contribution in [2.75, 3.05) is 11.9 Å². The molecule has 4 N–H and O–H groups in total. The number of hydrogen-bond acceptors (Lipinski definition) is 10. The van der Waals surface area contributed by atoms with Gasteiger partial charge in [-0.2, -0.15) is 5.10 Å². The number of thioether (sulfide) groups is 1. The van der Waals surface area contributed by atoms with Crippen molar-refractivity contribution in [1.29, 1.82) is 0 Å². The third-order valence-corrected chi connectivity index (χ3v) is 8.85. The number of nitrogens with zero attached hydrogens (tertiary/aromatic N) is 3. The Morgan fingerprint density at radius 2 is 1.91 bits per heavy atom. The quantitative estimate of drug-likeness (QED) is 0.107. The van der Waals surface area contributed by atoms with E-state index >= 15 is 0 Å². The number of aromatic hydroxyl groups is 1. The van der Waals surface area contributed by atoms with Gasteiger partial charge in [0.2, 0.25) is 10.0 Å². The highest BCUT2D eigenvalue weighted by Crippen LogP contribution is 2.36. The van der Waals surface area contributed by atoms with Crippen molar-refractivity contribution in [3.05, 3.63) is 110 Å². The van der Waals surface area contributed by atoms with Crippen LogP contribution in [0.1, 0.15) is 16.9 Å². The number of hydrogen-bond donors (Lipinski definition) is 3. The molecule has 0 bridgehead atoms. The number of nitrogens with one attached hydrogen (secondary N) is 1. The molecule has 0 unspecified atom stereocenters. The Labute approximate surface area is 280 Å². The second-order valence-electron chi connectivity index (χ2n) is 9.50. The number of phenolic OH excluding ortho intramolecular Hbond substituents is 1. The molecule has 4 aromatic rings. The van der Waals surface area contributed by atoms with E-state index in [-0.39, 0.29) is 38.9 Å². The SMILES string of the molecule is NS(=O)(=O)c1ccc(NC(=O)COc2ccc(Cl)cc2/C=C2\S/C(=N/N=C\c3cc(Br)ccc3O)N(Cc3ccco3)C2=O)cc1. The van der Waals surface area contributed by atoms with Crippen molar-refractivity contribution in [3.8, 4) is 11.5 Å². The molecule has 1 aliphatic rings. The number of benzene rings is 3. The average Bonchev–Trinajstić information content (AvgIpc) is 3.63. The molecule has 2 amide bonds. The van der Waals surface area contributed by atoms with E-state index in [1.165, 1.54) is 47.7 Å². The fourth-order valence-electron chi connectivity index (χ4n) is 4.02. The smallest absolute Gasteiger partial charge is 0.267 e. The van der Waals surface area contributed by atoms with Gasteiger partial charge < -0.3 is 19.6 Å². The summed E-state index contributed by atoms with van der Waals surface area (Å²) >= 11 is 10.7. The van der Waals surface area contributed by atoms with E-state index < -0.39 is 22.5 Å². The fraction of sp³-hybridized carbons (Fsp3) is 0.0667. The number of ether oxygens (including phenoxy) is 1. The van der Waals surface area contributed by atoms with Crippen LogP contribution in [-0.4, -0.2) is 48.2 Å². The number of amidine groups is 1. The molecule has 0 atom stereocenters. The number of rotatable bonds is 10. The first-order chi connectivity index (χ1) is 22.0. The average molecular weight is 745 g/mol. The van der Waals surface area contributed by atoms with Gasteiger partial charge in [0.1, 0.15) is 17.3 Å². The van der Waals surface area contributed by atoms with Crippen molar-refractivity contribution >= 4 is 84.3 Å². The van der Waals surface area contributed by atoms with E-state index in [2.05, 4.69) is 31.4 Å². The molecule has 0 radical (unpaired) electrons. The summed E-state index contributed by atoms with van der Waals surface area (Å²) in [5, 5.41) is 26.8. The van der Waals surface area contributed by atoms with E-state index in [0.29, 0.717) is 27.6 Å². The van der Waals surface area contributed by atoms with E-state index in [0.717, 1.165) is 16.2 Å². The third-order valence-electron chi connectivity index (χ3n) is 6.20. The maximum absolute atomic E-state index is 13.6. The van der Waals surface area contributed by atoms with Crippen LogP contribution in [0.3, 0.4) is 0 Å². The summed E-state index contributed by atoms with van der Waals surface area (Å²) in [6.45, 7) is -0.311. The van der Waals surface area contributed by atoms with Crippen molar-refractivity contribution in [2.45, 2.75) is 11.4 Å². The van der Waals surface area contributed by atoms with Gasteiger partial charge in [-0.05, 0) is 90.6 Å². The first kappa shape index (κ1) is 33.0. The number of nitrogens with two attached hydrogens (primary N) is 1. The second-order valence-corrected chi connectivity index (χ2v) is 13.4. The van der Waals surface area contributed by atoms with E-state index in [4.69, 9.17) is 25.9 Å².